The molecule has 116 valence electrons. The van der Waals surface area contributed by atoms with Gasteiger partial charge in [-0.15, -0.1) is 0 Å². The van der Waals surface area contributed by atoms with Crippen LogP contribution >= 0.6 is 0 Å². The van der Waals surface area contributed by atoms with Gasteiger partial charge in [0.2, 0.25) is 0 Å². The van der Waals surface area contributed by atoms with Gasteiger partial charge in [-0.1, -0.05) is 55.5 Å². The number of fused-ring (bicyclic) bond motifs is 1. The number of aliphatic hydroxyl groups is 1. The molecule has 1 N–H and O–H groups in total. The normalized spacial score (nSPS) is 29.2. The largest absolute Gasteiger partial charge is 0.387 e. The lowest BCUT2D eigenvalue weighted by atomic mass is 9.93. The van der Waals surface area contributed by atoms with Crippen molar-refractivity contribution in [2.45, 2.75) is 25.2 Å². The van der Waals surface area contributed by atoms with Crippen LogP contribution in [0.2, 0.25) is 0 Å². The smallest absolute Gasteiger partial charge is 0.110 e. The van der Waals surface area contributed by atoms with Gasteiger partial charge < -0.3 is 14.6 Å². The third-order valence-electron chi connectivity index (χ3n) is 4.31. The Morgan fingerprint density at radius 3 is 2.73 bits per heavy atom. The van der Waals surface area contributed by atoms with E-state index in [4.69, 9.17) is 9.47 Å². The van der Waals surface area contributed by atoms with Gasteiger partial charge in [-0.25, -0.2) is 0 Å². The number of benzene rings is 2. The summed E-state index contributed by atoms with van der Waals surface area (Å²) >= 11 is 0. The van der Waals surface area contributed by atoms with Crippen LogP contribution in [0, 0.1) is 5.92 Å². The fourth-order valence-corrected chi connectivity index (χ4v) is 3.04. The molecule has 1 aliphatic heterocycles. The number of hydrogen-bond donors (Lipinski definition) is 1. The summed E-state index contributed by atoms with van der Waals surface area (Å²) in [5, 5.41) is 12.8. The lowest BCUT2D eigenvalue weighted by Crippen LogP contribution is -2.49. The van der Waals surface area contributed by atoms with Gasteiger partial charge in [0.15, 0.2) is 0 Å². The molecule has 0 saturated carbocycles. The second-order valence-corrected chi connectivity index (χ2v) is 5.93. The summed E-state index contributed by atoms with van der Waals surface area (Å²) in [5.74, 6) is 0.199. The molecule has 0 spiro atoms. The van der Waals surface area contributed by atoms with Crippen LogP contribution in [0.5, 0.6) is 0 Å². The Hall–Kier alpha value is -1.68. The van der Waals surface area contributed by atoms with E-state index in [9.17, 15) is 5.11 Å². The summed E-state index contributed by atoms with van der Waals surface area (Å²) in [6, 6.07) is 14.6. The van der Waals surface area contributed by atoms with E-state index in [0.29, 0.717) is 6.61 Å². The van der Waals surface area contributed by atoms with E-state index in [0.717, 1.165) is 5.56 Å². The average molecular weight is 298 g/mol. The predicted octanol–water partition coefficient (Wildman–Crippen LogP) is 3.26. The summed E-state index contributed by atoms with van der Waals surface area (Å²) in [5.41, 5.74) is 1.10. The topological polar surface area (TPSA) is 38.7 Å². The number of methoxy groups -OCH3 is 1. The third-order valence-corrected chi connectivity index (χ3v) is 4.31. The highest BCUT2D eigenvalue weighted by Gasteiger charge is 2.36. The molecule has 0 radical (unpaired) electrons. The van der Waals surface area contributed by atoms with Crippen molar-refractivity contribution < 1.29 is 14.6 Å². The van der Waals surface area contributed by atoms with E-state index < -0.39 is 6.10 Å². The van der Waals surface area contributed by atoms with Gasteiger partial charge in [0.05, 0.1) is 12.7 Å². The summed E-state index contributed by atoms with van der Waals surface area (Å²) in [6.07, 6.45) is 2.79. The molecule has 0 bridgehead atoms. The zero-order valence-electron chi connectivity index (χ0n) is 13.0. The van der Waals surface area contributed by atoms with Crippen molar-refractivity contribution >= 4 is 16.8 Å². The molecular weight excluding hydrogens is 276 g/mol. The Kier molecular flexibility index (Phi) is 4.57. The third kappa shape index (κ3) is 3.07. The van der Waals surface area contributed by atoms with Crippen LogP contribution in [-0.2, 0) is 9.47 Å². The molecule has 3 rings (SSSR count). The quantitative estimate of drug-likeness (QED) is 0.945. The molecule has 2 aromatic rings. The zero-order valence-corrected chi connectivity index (χ0v) is 13.0. The fraction of sp³-hybridized carbons (Fsp3) is 0.368. The lowest BCUT2D eigenvalue weighted by molar-refractivity contribution is -0.154. The maximum atomic E-state index is 10.3. The van der Waals surface area contributed by atoms with E-state index in [1.165, 1.54) is 10.8 Å². The summed E-state index contributed by atoms with van der Waals surface area (Å²) < 4.78 is 11.1. The van der Waals surface area contributed by atoms with Crippen LogP contribution in [0.25, 0.3) is 16.8 Å². The van der Waals surface area contributed by atoms with Crippen molar-refractivity contribution in [3.8, 4) is 0 Å². The Labute approximate surface area is 131 Å². The summed E-state index contributed by atoms with van der Waals surface area (Å²) in [7, 11) is 1.64. The minimum absolute atomic E-state index is 0.181. The zero-order chi connectivity index (χ0) is 15.5. The number of rotatable bonds is 3. The summed E-state index contributed by atoms with van der Waals surface area (Å²) in [6.45, 7) is 2.63. The standard InChI is InChI=1S/C19H22O3/c1-13-12-22-17(18(20)19(13)21-2)10-8-14-7-9-15-5-3-4-6-16(15)11-14/h3-11,13,17-20H,12H2,1-2H3/b10-8+/t13-,17-,18-,19-/m0/s1. The van der Waals surface area contributed by atoms with E-state index in [-0.39, 0.29) is 18.1 Å². The second kappa shape index (κ2) is 6.61. The van der Waals surface area contributed by atoms with E-state index in [1.54, 1.807) is 7.11 Å². The molecule has 0 aromatic heterocycles. The molecule has 0 unspecified atom stereocenters. The number of hydrogen-bond acceptors (Lipinski definition) is 3. The minimum Gasteiger partial charge on any atom is -0.387 e. The van der Waals surface area contributed by atoms with Crippen LogP contribution in [0.3, 0.4) is 0 Å². The van der Waals surface area contributed by atoms with Gasteiger partial charge in [0, 0.05) is 13.0 Å². The highest BCUT2D eigenvalue weighted by molar-refractivity contribution is 5.84. The van der Waals surface area contributed by atoms with Gasteiger partial charge in [0.25, 0.3) is 0 Å². The molecule has 3 heteroatoms. The van der Waals surface area contributed by atoms with E-state index in [1.807, 2.05) is 31.2 Å². The first kappa shape index (κ1) is 15.2. The molecule has 22 heavy (non-hydrogen) atoms. The first-order valence-corrected chi connectivity index (χ1v) is 7.68. The van der Waals surface area contributed by atoms with Crippen LogP contribution in [0.15, 0.2) is 48.5 Å². The molecule has 1 aliphatic rings. The molecule has 1 fully saturated rings. The van der Waals surface area contributed by atoms with Crippen molar-refractivity contribution in [3.05, 3.63) is 54.1 Å². The Bertz CT molecular complexity index is 665. The molecule has 1 heterocycles. The van der Waals surface area contributed by atoms with Crippen LogP contribution in [-0.4, -0.2) is 37.1 Å². The second-order valence-electron chi connectivity index (χ2n) is 5.93. The maximum Gasteiger partial charge on any atom is 0.110 e. The van der Waals surface area contributed by atoms with Gasteiger partial charge in [-0.05, 0) is 22.4 Å². The van der Waals surface area contributed by atoms with Gasteiger partial charge >= 0.3 is 0 Å². The monoisotopic (exact) mass is 298 g/mol. The summed E-state index contributed by atoms with van der Waals surface area (Å²) in [4.78, 5) is 0. The molecule has 3 nitrogen and oxygen atoms in total. The van der Waals surface area contributed by atoms with Gasteiger partial charge in [-0.2, -0.15) is 0 Å². The highest BCUT2D eigenvalue weighted by atomic mass is 16.5. The van der Waals surface area contributed by atoms with Crippen molar-refractivity contribution in [2.24, 2.45) is 5.92 Å². The lowest BCUT2D eigenvalue weighted by Gasteiger charge is -2.36. The Morgan fingerprint density at radius 1 is 1.18 bits per heavy atom. The van der Waals surface area contributed by atoms with Gasteiger partial charge in [0.1, 0.15) is 12.2 Å². The molecular formula is C19H22O3. The van der Waals surface area contributed by atoms with Crippen molar-refractivity contribution in [1.82, 2.24) is 0 Å². The van der Waals surface area contributed by atoms with Crippen molar-refractivity contribution in [3.63, 3.8) is 0 Å². The average Bonchev–Trinajstić information content (AvgIpc) is 2.54. The highest BCUT2D eigenvalue weighted by Crippen LogP contribution is 2.24. The molecule has 0 amide bonds. The molecule has 1 saturated heterocycles. The van der Waals surface area contributed by atoms with Crippen LogP contribution in [0.4, 0.5) is 0 Å². The predicted molar refractivity (Wildman–Crippen MR) is 88.7 cm³/mol. The number of ether oxygens (including phenoxy) is 2. The fourth-order valence-electron chi connectivity index (χ4n) is 3.04. The molecule has 2 aromatic carbocycles. The van der Waals surface area contributed by atoms with Crippen molar-refractivity contribution in [1.29, 1.82) is 0 Å². The number of aliphatic hydroxyl groups excluding tert-OH is 1. The first-order chi connectivity index (χ1) is 10.7. The van der Waals surface area contributed by atoms with Crippen LogP contribution in [0.1, 0.15) is 12.5 Å². The van der Waals surface area contributed by atoms with E-state index in [2.05, 4.69) is 30.3 Å². The Balaban J connectivity index is 1.77. The minimum atomic E-state index is -0.634. The van der Waals surface area contributed by atoms with Crippen LogP contribution < -0.4 is 0 Å². The Morgan fingerprint density at radius 2 is 1.95 bits per heavy atom. The first-order valence-electron chi connectivity index (χ1n) is 7.68. The maximum absolute atomic E-state index is 10.3. The SMILES string of the molecule is CO[C@@H]1[C@@H](O)[C@H](/C=C/c2ccc3ccccc3c2)OC[C@@H]1C. The van der Waals surface area contributed by atoms with Crippen molar-refractivity contribution in [2.75, 3.05) is 13.7 Å². The van der Waals surface area contributed by atoms with E-state index >= 15 is 0 Å². The van der Waals surface area contributed by atoms with Gasteiger partial charge in [-0.3, -0.25) is 0 Å². The molecule has 4 atom stereocenters. The molecule has 0 aliphatic carbocycles.